The predicted octanol–water partition coefficient (Wildman–Crippen LogP) is 3.41. The van der Waals surface area contributed by atoms with E-state index in [4.69, 9.17) is 0 Å². The molecule has 0 N–H and O–H groups in total. The molecule has 0 saturated carbocycles. The van der Waals surface area contributed by atoms with E-state index in [-0.39, 0.29) is 11.1 Å². The normalized spacial score (nSPS) is 11.0. The molecule has 4 heteroatoms. The van der Waals surface area contributed by atoms with Gasteiger partial charge in [0.25, 0.3) is 0 Å². The second kappa shape index (κ2) is 4.37. The smallest absolute Gasteiger partial charge is 0.198 e. The molecule has 0 unspecified atom stereocenters. The van der Waals surface area contributed by atoms with E-state index < -0.39 is 0 Å². The molecule has 4 rings (SSSR count). The average Bonchev–Trinajstić information content (AvgIpc) is 2.70. The van der Waals surface area contributed by atoms with Crippen LogP contribution in [0.3, 0.4) is 0 Å². The van der Waals surface area contributed by atoms with Crippen molar-refractivity contribution in [1.82, 2.24) is 4.98 Å². The molecular formula is C17H8N2OS. The molecule has 3 nitrogen and oxygen atoms in total. The van der Waals surface area contributed by atoms with Crippen LogP contribution in [0.25, 0.3) is 21.0 Å². The number of benzene rings is 2. The van der Waals surface area contributed by atoms with Crippen LogP contribution in [0.15, 0.2) is 53.3 Å². The van der Waals surface area contributed by atoms with E-state index in [0.717, 1.165) is 20.1 Å². The summed E-state index contributed by atoms with van der Waals surface area (Å²) in [6.07, 6.45) is 0. The minimum Gasteiger partial charge on any atom is -0.288 e. The Morgan fingerprint density at radius 3 is 2.52 bits per heavy atom. The first kappa shape index (κ1) is 12.0. The Labute approximate surface area is 123 Å². The highest BCUT2D eigenvalue weighted by Gasteiger charge is 2.11. The van der Waals surface area contributed by atoms with Gasteiger partial charge in [-0.25, -0.2) is 4.98 Å². The summed E-state index contributed by atoms with van der Waals surface area (Å²) in [7, 11) is 0. The maximum absolute atomic E-state index is 12.6. The quantitative estimate of drug-likeness (QED) is 0.498. The van der Waals surface area contributed by atoms with Gasteiger partial charge in [-0.15, -0.1) is 11.3 Å². The molecule has 2 aromatic carbocycles. The lowest BCUT2D eigenvalue weighted by Gasteiger charge is -1.90. The van der Waals surface area contributed by atoms with Gasteiger partial charge in [0, 0.05) is 15.3 Å². The summed E-state index contributed by atoms with van der Waals surface area (Å²) < 4.78 is 1.79. The number of rotatable bonds is 0. The third-order valence-corrected chi connectivity index (χ3v) is 4.72. The zero-order valence-electron chi connectivity index (χ0n) is 10.8. The van der Waals surface area contributed by atoms with Crippen molar-refractivity contribution in [2.75, 3.05) is 0 Å². The van der Waals surface area contributed by atoms with Crippen LogP contribution in [0, 0.1) is 21.1 Å². The third kappa shape index (κ3) is 1.65. The molecule has 1 aliphatic carbocycles. The van der Waals surface area contributed by atoms with Gasteiger partial charge >= 0.3 is 0 Å². The molecule has 0 radical (unpaired) electrons. The first-order valence-corrected chi connectivity index (χ1v) is 7.25. The van der Waals surface area contributed by atoms with Gasteiger partial charge in [-0.3, -0.25) is 4.79 Å². The van der Waals surface area contributed by atoms with Gasteiger partial charge in [0.1, 0.15) is 6.07 Å². The molecule has 0 bridgehead atoms. The van der Waals surface area contributed by atoms with Crippen LogP contribution in [-0.4, -0.2) is 4.98 Å². The second-order valence-electron chi connectivity index (χ2n) is 4.72. The van der Waals surface area contributed by atoms with Gasteiger partial charge in [-0.05, 0) is 12.1 Å². The number of hydrogen-bond donors (Lipinski definition) is 0. The molecule has 2 aromatic rings. The lowest BCUT2D eigenvalue weighted by molar-refractivity contribution is 1.30. The molecule has 0 atom stereocenters. The third-order valence-electron chi connectivity index (χ3n) is 3.52. The summed E-state index contributed by atoms with van der Waals surface area (Å²) in [6.45, 7) is 0. The molecule has 0 aromatic heterocycles. The minimum absolute atomic E-state index is 0.110. The first-order chi connectivity index (χ1) is 10.3. The zero-order chi connectivity index (χ0) is 14.4. The first-order valence-electron chi connectivity index (χ1n) is 6.44. The molecule has 0 spiro atoms. The molecular weight excluding hydrogens is 280 g/mol. The number of aromatic nitrogens is 1. The molecule has 1 aliphatic heterocycles. The van der Waals surface area contributed by atoms with Crippen molar-refractivity contribution in [2.24, 2.45) is 0 Å². The summed E-state index contributed by atoms with van der Waals surface area (Å²) in [4.78, 5) is 17.0. The Kier molecular flexibility index (Phi) is 2.50. The molecule has 98 valence electrons. The Hall–Kier alpha value is -2.77. The molecule has 21 heavy (non-hydrogen) atoms. The molecule has 2 aliphatic rings. The average molecular weight is 288 g/mol. The van der Waals surface area contributed by atoms with Crippen LogP contribution in [0.2, 0.25) is 0 Å². The summed E-state index contributed by atoms with van der Waals surface area (Å²) in [5.41, 5.74) is 0.823. The number of para-hydroxylation sites is 1. The van der Waals surface area contributed by atoms with Crippen molar-refractivity contribution in [2.45, 2.75) is 0 Å². The van der Waals surface area contributed by atoms with E-state index in [0.29, 0.717) is 10.6 Å². The van der Waals surface area contributed by atoms with Crippen molar-refractivity contribution < 1.29 is 0 Å². The van der Waals surface area contributed by atoms with Crippen LogP contribution >= 0.6 is 11.3 Å². The standard InChI is InChI=1S/C17H8N2OS/c18-9-13-15-16(20)10-5-1-2-6-11(10)17(15)21-14-8-4-3-7-12(14)19-13/h1-8H. The van der Waals surface area contributed by atoms with E-state index in [1.165, 1.54) is 11.3 Å². The van der Waals surface area contributed by atoms with Gasteiger partial charge in [0.2, 0.25) is 0 Å². The number of hydrogen-bond acceptors (Lipinski definition) is 4. The number of nitriles is 1. The van der Waals surface area contributed by atoms with Crippen LogP contribution in [0.1, 0.15) is 5.69 Å². The maximum atomic E-state index is 12.6. The topological polar surface area (TPSA) is 53.8 Å². The fourth-order valence-electron chi connectivity index (χ4n) is 2.58. The van der Waals surface area contributed by atoms with E-state index >= 15 is 0 Å². The molecule has 0 fully saturated rings. The van der Waals surface area contributed by atoms with E-state index in [1.807, 2.05) is 42.5 Å². The number of nitrogens with zero attached hydrogens (tertiary/aromatic N) is 2. The summed E-state index contributed by atoms with van der Waals surface area (Å²) in [5.74, 6) is 0. The van der Waals surface area contributed by atoms with Crippen molar-refractivity contribution >= 4 is 32.3 Å². The van der Waals surface area contributed by atoms with Crippen LogP contribution in [0.4, 0.5) is 0 Å². The van der Waals surface area contributed by atoms with Gasteiger partial charge in [-0.1, -0.05) is 36.4 Å². The molecule has 0 amide bonds. The predicted molar refractivity (Wildman–Crippen MR) is 83.4 cm³/mol. The monoisotopic (exact) mass is 288 g/mol. The SMILES string of the molecule is N#Cc1nc2ccccc2sc2c3ccccc3c(=O)c1=2. The van der Waals surface area contributed by atoms with E-state index in [1.54, 1.807) is 6.07 Å². The molecule has 0 saturated heterocycles. The van der Waals surface area contributed by atoms with Crippen LogP contribution < -0.4 is 5.43 Å². The van der Waals surface area contributed by atoms with Crippen LogP contribution in [-0.2, 0) is 0 Å². The Morgan fingerprint density at radius 2 is 1.71 bits per heavy atom. The van der Waals surface area contributed by atoms with Crippen LogP contribution in [0.5, 0.6) is 0 Å². The highest BCUT2D eigenvalue weighted by atomic mass is 32.1. The maximum Gasteiger partial charge on any atom is 0.198 e. The van der Waals surface area contributed by atoms with Gasteiger partial charge in [0.15, 0.2) is 11.1 Å². The number of fused-ring (bicyclic) bond motifs is 3. The second-order valence-corrected chi connectivity index (χ2v) is 5.77. The highest BCUT2D eigenvalue weighted by Crippen LogP contribution is 2.23. The summed E-state index contributed by atoms with van der Waals surface area (Å²) >= 11 is 1.51. The van der Waals surface area contributed by atoms with Gasteiger partial charge in [0.05, 0.1) is 15.4 Å². The van der Waals surface area contributed by atoms with Crippen molar-refractivity contribution in [3.63, 3.8) is 0 Å². The zero-order valence-corrected chi connectivity index (χ0v) is 11.6. The van der Waals surface area contributed by atoms with Gasteiger partial charge < -0.3 is 0 Å². The highest BCUT2D eigenvalue weighted by molar-refractivity contribution is 7.17. The van der Waals surface area contributed by atoms with E-state index in [9.17, 15) is 10.1 Å². The summed E-state index contributed by atoms with van der Waals surface area (Å²) in [6, 6.07) is 17.2. The summed E-state index contributed by atoms with van der Waals surface area (Å²) in [5, 5.41) is 11.4. The Balaban J connectivity index is 2.47. The molecule has 1 heterocycles. The lowest BCUT2D eigenvalue weighted by atomic mass is 10.2. The van der Waals surface area contributed by atoms with Gasteiger partial charge in [-0.2, -0.15) is 5.26 Å². The Bertz CT molecular complexity index is 1170. The van der Waals surface area contributed by atoms with Crippen molar-refractivity contribution in [3.8, 4) is 6.07 Å². The van der Waals surface area contributed by atoms with Crippen molar-refractivity contribution in [1.29, 1.82) is 5.26 Å². The fraction of sp³-hybridized carbons (Fsp3) is 0. The fourth-order valence-corrected chi connectivity index (χ4v) is 3.74. The minimum atomic E-state index is -0.110. The Morgan fingerprint density at radius 1 is 1.00 bits per heavy atom. The lowest BCUT2D eigenvalue weighted by Crippen LogP contribution is -1.99. The van der Waals surface area contributed by atoms with E-state index in [2.05, 4.69) is 11.1 Å². The van der Waals surface area contributed by atoms with Crippen molar-refractivity contribution in [3.05, 3.63) is 74.2 Å². The largest absolute Gasteiger partial charge is 0.288 e.